The maximum absolute atomic E-state index is 15.2. The van der Waals surface area contributed by atoms with Gasteiger partial charge in [0.05, 0.1) is 31.7 Å². The van der Waals surface area contributed by atoms with Crippen molar-refractivity contribution in [2.24, 2.45) is 0 Å². The molecule has 1 aliphatic carbocycles. The monoisotopic (exact) mass is 723 g/mol. The van der Waals surface area contributed by atoms with Gasteiger partial charge in [-0.25, -0.2) is 31.6 Å². The Hall–Kier alpha value is -4.14. The van der Waals surface area contributed by atoms with Crippen molar-refractivity contribution in [2.75, 3.05) is 25.5 Å². The highest BCUT2D eigenvalue weighted by Gasteiger charge is 2.42. The van der Waals surface area contributed by atoms with Crippen molar-refractivity contribution in [2.45, 2.75) is 62.4 Å². The number of nitrogens with zero attached hydrogens (tertiary/aromatic N) is 2. The lowest BCUT2D eigenvalue weighted by atomic mass is 9.83. The Morgan fingerprint density at radius 2 is 1.76 bits per heavy atom. The van der Waals surface area contributed by atoms with Gasteiger partial charge < -0.3 is 19.9 Å². The molecule has 1 fully saturated rings. The summed E-state index contributed by atoms with van der Waals surface area (Å²) < 4.78 is 81.8. The number of aromatic nitrogens is 2. The number of ether oxygens (including phenoxy) is 2. The smallest absolute Gasteiger partial charge is 0.253 e. The molecule has 0 radical (unpaired) electrons. The Morgan fingerprint density at radius 3 is 2.43 bits per heavy atom. The maximum Gasteiger partial charge on any atom is 0.253 e. The molecule has 0 bridgehead atoms. The zero-order chi connectivity index (χ0) is 35.8. The number of aliphatic hydroxyl groups excluding tert-OH is 1. The number of nitrogens with one attached hydrogen (secondary N) is 2. The number of allylic oxidation sites excluding steroid dienone is 1. The van der Waals surface area contributed by atoms with Gasteiger partial charge in [0.15, 0.2) is 11.6 Å². The van der Waals surface area contributed by atoms with Gasteiger partial charge in [-0.2, -0.15) is 0 Å². The molecule has 264 valence electrons. The van der Waals surface area contributed by atoms with Gasteiger partial charge in [0, 0.05) is 54.4 Å². The number of benzene rings is 1. The van der Waals surface area contributed by atoms with Crippen LogP contribution in [0.2, 0.25) is 5.02 Å². The van der Waals surface area contributed by atoms with Crippen LogP contribution in [0, 0.1) is 11.6 Å². The first kappa shape index (κ1) is 37.7. The standard InChI is InChI=1S/C34H38ClF3N4O6S/c1-22(9-15-43)41-31(44)26-17-25(32(48-3)40-19-26)6-4-23-5-7-28(35)27(16-23)21-49(45,46)42-30-18-24(29(47-2)20-39-30)8-10-33(36)11-13-34(37,38)14-12-33/h4-8,10,16-20,22,35,43H,9,11-15,21H2,1-3H3,(H-,39,41,42,44)/p+1/b6-4+,10-8+. The first-order chi connectivity index (χ1) is 23.1. The fourth-order valence-corrected chi connectivity index (χ4v) is 6.55. The average molecular weight is 724 g/mol. The van der Waals surface area contributed by atoms with E-state index in [-0.39, 0.29) is 54.4 Å². The quantitative estimate of drug-likeness (QED) is 0.192. The molecule has 1 aromatic carbocycles. The van der Waals surface area contributed by atoms with Crippen LogP contribution in [-0.4, -0.2) is 67.9 Å². The van der Waals surface area contributed by atoms with Crippen LogP contribution < -0.4 is 19.5 Å². The third-order valence-corrected chi connectivity index (χ3v) is 9.52. The molecule has 1 amide bonds. The number of alkyl halides is 3. The lowest BCUT2D eigenvalue weighted by Crippen LogP contribution is -2.33. The SMILES string of the molecule is COc1cnc(NS(=O)(=O)Cc2cc(/C=C/c3cc(C(=O)NC(C)CCO)cnc3OC)ccc2[ClH+])cc1/C=C/C1(F)CCC(F)(F)CC1. The molecule has 1 saturated carbocycles. The summed E-state index contributed by atoms with van der Waals surface area (Å²) in [4.78, 5) is 21.0. The number of methoxy groups -OCH3 is 2. The molecule has 1 atom stereocenters. The normalized spacial score (nSPS) is 16.4. The van der Waals surface area contributed by atoms with Gasteiger partial charge in [-0.15, -0.1) is 0 Å². The largest absolute Gasteiger partial charge is 0.495 e. The van der Waals surface area contributed by atoms with E-state index in [0.717, 1.165) is 0 Å². The number of sulfonamides is 1. The van der Waals surface area contributed by atoms with Crippen LogP contribution in [0.25, 0.3) is 18.2 Å². The summed E-state index contributed by atoms with van der Waals surface area (Å²) in [5.41, 5.74) is 0.127. The van der Waals surface area contributed by atoms with E-state index >= 15 is 4.39 Å². The highest BCUT2D eigenvalue weighted by Crippen LogP contribution is 2.42. The van der Waals surface area contributed by atoms with Crippen molar-refractivity contribution in [3.63, 3.8) is 0 Å². The first-order valence-corrected chi connectivity index (χ1v) is 17.4. The Morgan fingerprint density at radius 1 is 1.02 bits per heavy atom. The number of hydrogen-bond acceptors (Lipinski definition) is 8. The fraction of sp³-hybridized carbons (Fsp3) is 0.382. The van der Waals surface area contributed by atoms with Gasteiger partial charge in [0.25, 0.3) is 5.91 Å². The summed E-state index contributed by atoms with van der Waals surface area (Å²) in [5.74, 6) is -3.28. The van der Waals surface area contributed by atoms with E-state index < -0.39 is 40.2 Å². The van der Waals surface area contributed by atoms with Crippen LogP contribution >= 0.6 is 0 Å². The number of pyridine rings is 2. The Kier molecular flexibility index (Phi) is 12.3. The van der Waals surface area contributed by atoms with Gasteiger partial charge in [-0.1, -0.05) is 12.2 Å². The van der Waals surface area contributed by atoms with Gasteiger partial charge in [0.2, 0.25) is 26.8 Å². The highest BCUT2D eigenvalue weighted by atomic mass is 35.5. The Bertz CT molecular complexity index is 1810. The summed E-state index contributed by atoms with van der Waals surface area (Å²) in [6, 6.07) is 7.66. The predicted octanol–water partition coefficient (Wildman–Crippen LogP) is 5.73. The van der Waals surface area contributed by atoms with Gasteiger partial charge in [-0.05, 0) is 68.2 Å². The van der Waals surface area contributed by atoms with Crippen molar-refractivity contribution >= 4 is 40.0 Å². The topological polar surface area (TPSA) is 140 Å². The van der Waals surface area contributed by atoms with E-state index in [9.17, 15) is 22.0 Å². The zero-order valence-electron chi connectivity index (χ0n) is 27.2. The summed E-state index contributed by atoms with van der Waals surface area (Å²) in [5, 5.41) is 12.2. The van der Waals surface area contributed by atoms with E-state index in [1.165, 1.54) is 44.8 Å². The molecule has 15 heteroatoms. The second-order valence-corrected chi connectivity index (χ2v) is 14.0. The number of amides is 1. The minimum atomic E-state index is -4.05. The van der Waals surface area contributed by atoms with E-state index in [0.29, 0.717) is 33.7 Å². The number of halogens is 4. The van der Waals surface area contributed by atoms with Crippen LogP contribution in [0.5, 0.6) is 11.6 Å². The number of rotatable bonds is 14. The lowest BCUT2D eigenvalue weighted by molar-refractivity contribution is -0.289. The summed E-state index contributed by atoms with van der Waals surface area (Å²) in [7, 11) is -1.23. The van der Waals surface area contributed by atoms with Crippen molar-refractivity contribution in [3.8, 4) is 11.6 Å². The third-order valence-electron chi connectivity index (χ3n) is 7.91. The molecule has 0 spiro atoms. The summed E-state index contributed by atoms with van der Waals surface area (Å²) in [6.45, 7) is 1.71. The average Bonchev–Trinajstić information content (AvgIpc) is 3.05. The van der Waals surface area contributed by atoms with E-state index in [1.807, 2.05) is 0 Å². The first-order valence-electron chi connectivity index (χ1n) is 15.4. The number of hydrogen-bond donors (Lipinski definition) is 3. The van der Waals surface area contributed by atoms with Crippen molar-refractivity contribution in [1.29, 1.82) is 0 Å². The van der Waals surface area contributed by atoms with Gasteiger partial charge >= 0.3 is 0 Å². The van der Waals surface area contributed by atoms with Crippen LogP contribution in [0.3, 0.4) is 0 Å². The highest BCUT2D eigenvalue weighted by molar-refractivity contribution is 7.91. The molecule has 10 nitrogen and oxygen atoms in total. The summed E-state index contributed by atoms with van der Waals surface area (Å²) >= 11 is 5.40. The Labute approximate surface area is 288 Å². The molecule has 1 aliphatic rings. The van der Waals surface area contributed by atoms with Crippen LogP contribution in [-0.2, 0) is 15.8 Å². The molecule has 2 aromatic heterocycles. The maximum atomic E-state index is 15.2. The summed E-state index contributed by atoms with van der Waals surface area (Å²) in [6.07, 6.45) is 7.23. The molecular formula is C34H39ClF3N4O6S+. The molecule has 0 saturated heterocycles. The third kappa shape index (κ3) is 10.7. The molecule has 1 unspecified atom stereocenters. The Balaban J connectivity index is 1.50. The predicted molar refractivity (Wildman–Crippen MR) is 179 cm³/mol. The molecule has 3 aromatic rings. The molecule has 49 heavy (non-hydrogen) atoms. The second kappa shape index (κ2) is 16.0. The van der Waals surface area contributed by atoms with E-state index in [1.54, 1.807) is 43.3 Å². The van der Waals surface area contributed by atoms with Gasteiger partial charge in [0.1, 0.15) is 17.2 Å². The van der Waals surface area contributed by atoms with E-state index in [4.69, 9.17) is 26.2 Å². The fourth-order valence-electron chi connectivity index (χ4n) is 5.11. The van der Waals surface area contributed by atoms with Crippen molar-refractivity contribution < 1.29 is 52.6 Å². The number of carbonyl (C=O) groups is 1. The minimum Gasteiger partial charge on any atom is -0.495 e. The number of carbonyl (C=O) groups excluding carboxylic acids is 1. The molecule has 3 N–H and O–H groups in total. The van der Waals surface area contributed by atoms with Crippen LogP contribution in [0.15, 0.2) is 48.8 Å². The van der Waals surface area contributed by atoms with Crippen molar-refractivity contribution in [1.82, 2.24) is 15.3 Å². The molecule has 4 rings (SSSR count). The van der Waals surface area contributed by atoms with Crippen molar-refractivity contribution in [3.05, 3.63) is 81.6 Å². The van der Waals surface area contributed by atoms with E-state index in [2.05, 4.69) is 20.0 Å². The second-order valence-electron chi connectivity index (χ2n) is 11.8. The molecule has 2 heterocycles. The lowest BCUT2D eigenvalue weighted by Gasteiger charge is -2.31. The number of anilines is 1. The molecular weight excluding hydrogens is 685 g/mol. The zero-order valence-corrected chi connectivity index (χ0v) is 28.8. The minimum absolute atomic E-state index is 0.0558. The van der Waals surface area contributed by atoms with Gasteiger partial charge in [-0.3, -0.25) is 9.52 Å². The number of aliphatic hydroxyl groups is 1. The molecule has 0 aliphatic heterocycles. The van der Waals surface area contributed by atoms with Crippen LogP contribution in [0.1, 0.15) is 71.6 Å². The van der Waals surface area contributed by atoms with Crippen LogP contribution in [0.4, 0.5) is 19.0 Å².